The van der Waals surface area contributed by atoms with Gasteiger partial charge in [0.1, 0.15) is 0 Å². The SMILES string of the molecule is CNc1ccc(C(=O)OC)cc1C(=O)Cc1ccc(Cl)cc1. The summed E-state index contributed by atoms with van der Waals surface area (Å²) in [7, 11) is 3.04. The normalized spacial score (nSPS) is 10.1. The predicted octanol–water partition coefficient (Wildman–Crippen LogP) is 3.59. The third kappa shape index (κ3) is 3.65. The Labute approximate surface area is 134 Å². The van der Waals surface area contributed by atoms with Gasteiger partial charge in [0.2, 0.25) is 0 Å². The van der Waals surface area contributed by atoms with E-state index in [9.17, 15) is 9.59 Å². The van der Waals surface area contributed by atoms with Crippen molar-refractivity contribution in [3.05, 3.63) is 64.2 Å². The van der Waals surface area contributed by atoms with Crippen molar-refractivity contribution in [2.24, 2.45) is 0 Å². The predicted molar refractivity (Wildman–Crippen MR) is 86.8 cm³/mol. The second kappa shape index (κ2) is 7.09. The minimum Gasteiger partial charge on any atom is -0.465 e. The van der Waals surface area contributed by atoms with Crippen LogP contribution >= 0.6 is 11.6 Å². The van der Waals surface area contributed by atoms with E-state index in [0.29, 0.717) is 21.8 Å². The Bertz CT molecular complexity index is 696. The molecule has 22 heavy (non-hydrogen) atoms. The van der Waals surface area contributed by atoms with Gasteiger partial charge in [-0.2, -0.15) is 0 Å². The summed E-state index contributed by atoms with van der Waals surface area (Å²) in [4.78, 5) is 24.1. The van der Waals surface area contributed by atoms with Gasteiger partial charge >= 0.3 is 5.97 Å². The summed E-state index contributed by atoms with van der Waals surface area (Å²) in [5.74, 6) is -0.555. The maximum absolute atomic E-state index is 12.5. The maximum atomic E-state index is 12.5. The van der Waals surface area contributed by atoms with Crippen LogP contribution in [-0.4, -0.2) is 25.9 Å². The van der Waals surface area contributed by atoms with E-state index in [1.54, 1.807) is 37.4 Å². The van der Waals surface area contributed by atoms with E-state index in [2.05, 4.69) is 5.32 Å². The van der Waals surface area contributed by atoms with Gasteiger partial charge in [-0.05, 0) is 35.9 Å². The van der Waals surface area contributed by atoms with Crippen LogP contribution in [0.3, 0.4) is 0 Å². The standard InChI is InChI=1S/C17H16ClNO3/c1-19-15-8-5-12(17(21)22-2)10-14(15)16(20)9-11-3-6-13(18)7-4-11/h3-8,10,19H,9H2,1-2H3. The highest BCUT2D eigenvalue weighted by Gasteiger charge is 2.15. The highest BCUT2D eigenvalue weighted by molar-refractivity contribution is 6.30. The Hall–Kier alpha value is -2.33. The van der Waals surface area contributed by atoms with Crippen molar-refractivity contribution >= 4 is 29.0 Å². The fourth-order valence-corrected chi connectivity index (χ4v) is 2.25. The van der Waals surface area contributed by atoms with Gasteiger partial charge in [0.15, 0.2) is 5.78 Å². The number of nitrogens with one attached hydrogen (secondary N) is 1. The molecule has 0 saturated carbocycles. The molecular weight excluding hydrogens is 302 g/mol. The lowest BCUT2D eigenvalue weighted by atomic mass is 9.99. The molecule has 0 aliphatic carbocycles. The van der Waals surface area contributed by atoms with Crippen LogP contribution < -0.4 is 5.32 Å². The quantitative estimate of drug-likeness (QED) is 0.676. The van der Waals surface area contributed by atoms with Crippen LogP contribution in [0.1, 0.15) is 26.3 Å². The fraction of sp³-hybridized carbons (Fsp3) is 0.176. The summed E-state index contributed by atoms with van der Waals surface area (Å²) < 4.78 is 4.69. The van der Waals surface area contributed by atoms with Crippen molar-refractivity contribution in [2.75, 3.05) is 19.5 Å². The third-order valence-corrected chi connectivity index (χ3v) is 3.54. The van der Waals surface area contributed by atoms with Gasteiger partial charge in [0.05, 0.1) is 12.7 Å². The lowest BCUT2D eigenvalue weighted by molar-refractivity contribution is 0.0601. The molecule has 0 saturated heterocycles. The molecule has 0 heterocycles. The number of rotatable bonds is 5. The van der Waals surface area contributed by atoms with Crippen molar-refractivity contribution in [1.29, 1.82) is 0 Å². The van der Waals surface area contributed by atoms with Crippen LogP contribution in [0.15, 0.2) is 42.5 Å². The number of methoxy groups -OCH3 is 1. The van der Waals surface area contributed by atoms with E-state index >= 15 is 0 Å². The third-order valence-electron chi connectivity index (χ3n) is 3.29. The molecular formula is C17H16ClNO3. The van der Waals surface area contributed by atoms with Crippen LogP contribution in [-0.2, 0) is 11.2 Å². The highest BCUT2D eigenvalue weighted by atomic mass is 35.5. The summed E-state index contributed by atoms with van der Waals surface area (Å²) >= 11 is 5.84. The summed E-state index contributed by atoms with van der Waals surface area (Å²) in [5, 5.41) is 3.59. The monoisotopic (exact) mass is 317 g/mol. The smallest absolute Gasteiger partial charge is 0.337 e. The topological polar surface area (TPSA) is 55.4 Å². The molecule has 1 N–H and O–H groups in total. The van der Waals surface area contributed by atoms with Gasteiger partial charge in [-0.25, -0.2) is 4.79 Å². The molecule has 0 aromatic heterocycles. The van der Waals surface area contributed by atoms with E-state index < -0.39 is 5.97 Å². The minimum atomic E-state index is -0.469. The molecule has 0 radical (unpaired) electrons. The van der Waals surface area contributed by atoms with E-state index in [1.165, 1.54) is 7.11 Å². The van der Waals surface area contributed by atoms with E-state index in [4.69, 9.17) is 16.3 Å². The van der Waals surface area contributed by atoms with Crippen molar-refractivity contribution < 1.29 is 14.3 Å². The second-order valence-electron chi connectivity index (χ2n) is 4.73. The van der Waals surface area contributed by atoms with E-state index in [-0.39, 0.29) is 12.2 Å². The number of benzene rings is 2. The zero-order chi connectivity index (χ0) is 16.1. The van der Waals surface area contributed by atoms with Gasteiger partial charge in [-0.3, -0.25) is 4.79 Å². The molecule has 0 bridgehead atoms. The number of ketones is 1. The molecule has 5 heteroatoms. The summed E-state index contributed by atoms with van der Waals surface area (Å²) in [6.07, 6.45) is 0.233. The zero-order valence-corrected chi connectivity index (χ0v) is 13.1. The van der Waals surface area contributed by atoms with Gasteiger partial charge in [0.25, 0.3) is 0 Å². The number of esters is 1. The van der Waals surface area contributed by atoms with Crippen LogP contribution in [0.25, 0.3) is 0 Å². The van der Waals surface area contributed by atoms with Crippen LogP contribution in [0.2, 0.25) is 5.02 Å². The largest absolute Gasteiger partial charge is 0.465 e. The number of halogens is 1. The van der Waals surface area contributed by atoms with Gasteiger partial charge in [-0.15, -0.1) is 0 Å². The summed E-state index contributed by atoms with van der Waals surface area (Å²) in [6.45, 7) is 0. The number of carbonyl (C=O) groups excluding carboxylic acids is 2. The van der Waals surface area contributed by atoms with Crippen molar-refractivity contribution in [1.82, 2.24) is 0 Å². The first-order valence-corrected chi connectivity index (χ1v) is 7.10. The molecule has 2 aromatic carbocycles. The van der Waals surface area contributed by atoms with Crippen LogP contribution in [0, 0.1) is 0 Å². The summed E-state index contributed by atoms with van der Waals surface area (Å²) in [6, 6.07) is 12.0. The molecule has 2 rings (SSSR count). The lowest BCUT2D eigenvalue weighted by Crippen LogP contribution is -2.10. The maximum Gasteiger partial charge on any atom is 0.337 e. The Balaban J connectivity index is 2.30. The van der Waals surface area contributed by atoms with Crippen molar-refractivity contribution in [3.8, 4) is 0 Å². The first-order valence-electron chi connectivity index (χ1n) is 6.73. The number of anilines is 1. The average molecular weight is 318 g/mol. The number of hydrogen-bond acceptors (Lipinski definition) is 4. The molecule has 0 unspecified atom stereocenters. The van der Waals surface area contributed by atoms with Crippen LogP contribution in [0.5, 0.6) is 0 Å². The summed E-state index contributed by atoms with van der Waals surface area (Å²) in [5.41, 5.74) is 2.34. The Morgan fingerprint density at radius 3 is 2.41 bits per heavy atom. The molecule has 4 nitrogen and oxygen atoms in total. The molecule has 0 atom stereocenters. The zero-order valence-electron chi connectivity index (χ0n) is 12.4. The number of ether oxygens (including phenoxy) is 1. The first-order chi connectivity index (χ1) is 10.5. The van der Waals surface area contributed by atoms with E-state index in [0.717, 1.165) is 5.56 Å². The van der Waals surface area contributed by atoms with Crippen molar-refractivity contribution in [3.63, 3.8) is 0 Å². The lowest BCUT2D eigenvalue weighted by Gasteiger charge is -2.10. The molecule has 0 aliphatic rings. The van der Waals surface area contributed by atoms with E-state index in [1.807, 2.05) is 12.1 Å². The number of Topliss-reactive ketones (excluding diaryl/α,β-unsaturated/α-hetero) is 1. The van der Waals surface area contributed by atoms with Gasteiger partial charge in [0, 0.05) is 29.7 Å². The molecule has 0 aliphatic heterocycles. The highest BCUT2D eigenvalue weighted by Crippen LogP contribution is 2.20. The van der Waals surface area contributed by atoms with Crippen molar-refractivity contribution in [2.45, 2.75) is 6.42 Å². The molecule has 0 amide bonds. The van der Waals surface area contributed by atoms with Gasteiger partial charge in [-0.1, -0.05) is 23.7 Å². The molecule has 114 valence electrons. The first kappa shape index (κ1) is 16.0. The minimum absolute atomic E-state index is 0.0857. The number of hydrogen-bond donors (Lipinski definition) is 1. The van der Waals surface area contributed by atoms with Crippen LogP contribution in [0.4, 0.5) is 5.69 Å². The Morgan fingerprint density at radius 1 is 1.14 bits per heavy atom. The Morgan fingerprint density at radius 2 is 1.82 bits per heavy atom. The van der Waals surface area contributed by atoms with Gasteiger partial charge < -0.3 is 10.1 Å². The second-order valence-corrected chi connectivity index (χ2v) is 5.16. The fourth-order valence-electron chi connectivity index (χ4n) is 2.12. The average Bonchev–Trinajstić information content (AvgIpc) is 2.55. The number of carbonyl (C=O) groups is 2. The molecule has 2 aromatic rings. The molecule has 0 spiro atoms. The molecule has 0 fully saturated rings. The Kier molecular flexibility index (Phi) is 5.17.